The molecule has 160 valence electrons. The van der Waals surface area contributed by atoms with E-state index in [1.54, 1.807) is 66.2 Å². The number of benzene rings is 1. The number of fused-ring (bicyclic) bond motifs is 1. The van der Waals surface area contributed by atoms with Gasteiger partial charge in [-0.3, -0.25) is 14.6 Å². The van der Waals surface area contributed by atoms with Crippen molar-refractivity contribution in [2.75, 3.05) is 6.61 Å². The molecule has 0 saturated carbocycles. The van der Waals surface area contributed by atoms with Crippen LogP contribution in [0.1, 0.15) is 49.4 Å². The fourth-order valence-corrected chi connectivity index (χ4v) is 3.40. The molecule has 0 saturated heterocycles. The molecule has 0 radical (unpaired) electrons. The first-order valence-electron chi connectivity index (χ1n) is 10.2. The lowest BCUT2D eigenvalue weighted by atomic mass is 10.1. The number of carbonyl (C=O) groups is 3. The first-order chi connectivity index (χ1) is 15.6. The highest BCUT2D eigenvalue weighted by atomic mass is 16.5. The summed E-state index contributed by atoms with van der Waals surface area (Å²) in [5.41, 5.74) is 2.55. The molecule has 0 unspecified atom stereocenters. The number of amides is 1. The zero-order valence-corrected chi connectivity index (χ0v) is 17.4. The summed E-state index contributed by atoms with van der Waals surface area (Å²) in [6.45, 7) is 2.18. The Morgan fingerprint density at radius 2 is 1.75 bits per heavy atom. The van der Waals surface area contributed by atoms with E-state index in [0.29, 0.717) is 22.3 Å². The number of esters is 1. The Morgan fingerprint density at radius 1 is 0.969 bits per heavy atom. The number of rotatable bonds is 7. The molecule has 0 spiro atoms. The maximum atomic E-state index is 13.1. The highest BCUT2D eigenvalue weighted by molar-refractivity contribution is 6.11. The molecule has 0 bridgehead atoms. The minimum absolute atomic E-state index is 0.197. The molecular weight excluding hydrogens is 406 g/mol. The SMILES string of the molecule is CCOC(=O)c1cc(C(=O)c2ccccc2)n2ccc(C(=O)NCc3ccccn3)cc12. The molecule has 0 aliphatic rings. The van der Waals surface area contributed by atoms with Crippen molar-refractivity contribution in [3.05, 3.63) is 107 Å². The lowest BCUT2D eigenvalue weighted by Gasteiger charge is -2.07. The molecule has 1 N–H and O–H groups in total. The van der Waals surface area contributed by atoms with Gasteiger partial charge in [0.05, 0.1) is 35.6 Å². The molecule has 1 amide bonds. The molecule has 7 heteroatoms. The number of aromatic nitrogens is 2. The van der Waals surface area contributed by atoms with E-state index in [9.17, 15) is 14.4 Å². The monoisotopic (exact) mass is 427 g/mol. The average molecular weight is 427 g/mol. The van der Waals surface area contributed by atoms with E-state index >= 15 is 0 Å². The van der Waals surface area contributed by atoms with Crippen molar-refractivity contribution < 1.29 is 19.1 Å². The molecule has 7 nitrogen and oxygen atoms in total. The summed E-state index contributed by atoms with van der Waals surface area (Å²) in [5, 5.41) is 2.82. The molecule has 3 aromatic heterocycles. The zero-order chi connectivity index (χ0) is 22.5. The van der Waals surface area contributed by atoms with Gasteiger partial charge in [0.15, 0.2) is 0 Å². The molecule has 4 aromatic rings. The summed E-state index contributed by atoms with van der Waals surface area (Å²) in [6.07, 6.45) is 3.27. The second-order valence-electron chi connectivity index (χ2n) is 7.03. The number of ketones is 1. The van der Waals surface area contributed by atoms with Crippen molar-refractivity contribution in [2.45, 2.75) is 13.5 Å². The Labute approximate surface area is 184 Å². The van der Waals surface area contributed by atoms with Crippen LogP contribution < -0.4 is 5.32 Å². The second kappa shape index (κ2) is 9.26. The Kier molecular flexibility index (Phi) is 6.07. The number of ether oxygens (including phenoxy) is 1. The summed E-state index contributed by atoms with van der Waals surface area (Å²) in [5.74, 6) is -1.10. The number of hydrogen-bond acceptors (Lipinski definition) is 5. The van der Waals surface area contributed by atoms with Gasteiger partial charge in [-0.1, -0.05) is 36.4 Å². The van der Waals surface area contributed by atoms with Gasteiger partial charge in [-0.15, -0.1) is 0 Å². The van der Waals surface area contributed by atoms with E-state index in [0.717, 1.165) is 5.69 Å². The Morgan fingerprint density at radius 3 is 2.47 bits per heavy atom. The van der Waals surface area contributed by atoms with Gasteiger partial charge in [0.2, 0.25) is 5.78 Å². The minimum Gasteiger partial charge on any atom is -0.462 e. The van der Waals surface area contributed by atoms with Gasteiger partial charge in [0, 0.05) is 23.5 Å². The maximum absolute atomic E-state index is 13.1. The van der Waals surface area contributed by atoms with Gasteiger partial charge in [-0.2, -0.15) is 0 Å². The van der Waals surface area contributed by atoms with Gasteiger partial charge in [0.25, 0.3) is 5.91 Å². The first kappa shape index (κ1) is 21.0. The van der Waals surface area contributed by atoms with Crippen molar-refractivity contribution in [3.63, 3.8) is 0 Å². The van der Waals surface area contributed by atoms with Crippen molar-refractivity contribution in [3.8, 4) is 0 Å². The number of nitrogens with one attached hydrogen (secondary N) is 1. The number of nitrogens with zero attached hydrogens (tertiary/aromatic N) is 2. The van der Waals surface area contributed by atoms with Crippen molar-refractivity contribution >= 4 is 23.2 Å². The average Bonchev–Trinajstić information content (AvgIpc) is 3.22. The van der Waals surface area contributed by atoms with Crippen LogP contribution in [-0.4, -0.2) is 33.7 Å². The van der Waals surface area contributed by atoms with Crippen LogP contribution in [0.4, 0.5) is 0 Å². The van der Waals surface area contributed by atoms with Crippen molar-refractivity contribution in [2.24, 2.45) is 0 Å². The number of carbonyl (C=O) groups excluding carboxylic acids is 3. The Balaban J connectivity index is 1.70. The lowest BCUT2D eigenvalue weighted by Crippen LogP contribution is -2.23. The van der Waals surface area contributed by atoms with Gasteiger partial charge in [-0.05, 0) is 37.3 Å². The van der Waals surface area contributed by atoms with Gasteiger partial charge < -0.3 is 14.5 Å². The normalized spacial score (nSPS) is 10.7. The standard InChI is InChI=1S/C25H21N3O4/c1-2-32-25(31)20-15-22(23(29)17-8-4-3-5-9-17)28-13-11-18(14-21(20)28)24(30)27-16-19-10-6-7-12-26-19/h3-15H,2,16H2,1H3,(H,27,30). The molecule has 0 atom stereocenters. The molecular formula is C25H21N3O4. The molecule has 1 aromatic carbocycles. The number of hydrogen-bond donors (Lipinski definition) is 1. The summed E-state index contributed by atoms with van der Waals surface area (Å²) >= 11 is 0. The predicted octanol–water partition coefficient (Wildman–Crippen LogP) is 3.67. The van der Waals surface area contributed by atoms with Crippen LogP contribution >= 0.6 is 0 Å². The smallest absolute Gasteiger partial charge is 0.340 e. The molecule has 4 rings (SSSR count). The number of pyridine rings is 2. The summed E-state index contributed by atoms with van der Waals surface area (Å²) < 4.78 is 6.78. The predicted molar refractivity (Wildman–Crippen MR) is 119 cm³/mol. The Hall–Kier alpha value is -4.26. The second-order valence-corrected chi connectivity index (χ2v) is 7.03. The van der Waals surface area contributed by atoms with E-state index in [1.807, 2.05) is 18.2 Å². The fourth-order valence-electron chi connectivity index (χ4n) is 3.40. The molecule has 0 fully saturated rings. The van der Waals surface area contributed by atoms with E-state index in [4.69, 9.17) is 4.74 Å². The third-order valence-corrected chi connectivity index (χ3v) is 4.95. The van der Waals surface area contributed by atoms with E-state index in [-0.39, 0.29) is 30.4 Å². The van der Waals surface area contributed by atoms with Crippen LogP contribution in [0.5, 0.6) is 0 Å². The Bertz CT molecular complexity index is 1280. The third kappa shape index (κ3) is 4.27. The summed E-state index contributed by atoms with van der Waals surface area (Å²) in [6, 6.07) is 19.0. The van der Waals surface area contributed by atoms with Crippen molar-refractivity contribution in [1.29, 1.82) is 0 Å². The lowest BCUT2D eigenvalue weighted by molar-refractivity contribution is 0.0528. The van der Waals surface area contributed by atoms with Crippen LogP contribution in [0.2, 0.25) is 0 Å². The minimum atomic E-state index is -0.553. The summed E-state index contributed by atoms with van der Waals surface area (Å²) in [4.78, 5) is 42.5. The third-order valence-electron chi connectivity index (χ3n) is 4.95. The van der Waals surface area contributed by atoms with Crippen LogP contribution in [-0.2, 0) is 11.3 Å². The van der Waals surface area contributed by atoms with Crippen LogP contribution in [0, 0.1) is 0 Å². The van der Waals surface area contributed by atoms with Gasteiger partial charge in [-0.25, -0.2) is 4.79 Å². The maximum Gasteiger partial charge on any atom is 0.340 e. The fraction of sp³-hybridized carbons (Fsp3) is 0.120. The van der Waals surface area contributed by atoms with Gasteiger partial charge >= 0.3 is 5.97 Å². The van der Waals surface area contributed by atoms with Crippen molar-refractivity contribution in [1.82, 2.24) is 14.7 Å². The van der Waals surface area contributed by atoms with E-state index in [2.05, 4.69) is 10.3 Å². The molecule has 0 aliphatic carbocycles. The topological polar surface area (TPSA) is 89.8 Å². The molecule has 32 heavy (non-hydrogen) atoms. The van der Waals surface area contributed by atoms with E-state index < -0.39 is 5.97 Å². The van der Waals surface area contributed by atoms with Gasteiger partial charge in [0.1, 0.15) is 0 Å². The van der Waals surface area contributed by atoms with Crippen LogP contribution in [0.15, 0.2) is 79.1 Å². The highest BCUT2D eigenvalue weighted by Gasteiger charge is 2.22. The zero-order valence-electron chi connectivity index (χ0n) is 17.4. The van der Waals surface area contributed by atoms with Crippen LogP contribution in [0.25, 0.3) is 5.52 Å². The molecule has 0 aliphatic heterocycles. The highest BCUT2D eigenvalue weighted by Crippen LogP contribution is 2.22. The summed E-state index contributed by atoms with van der Waals surface area (Å²) in [7, 11) is 0. The quantitative estimate of drug-likeness (QED) is 0.359. The van der Waals surface area contributed by atoms with E-state index in [1.165, 1.54) is 6.07 Å². The molecule has 3 heterocycles. The van der Waals surface area contributed by atoms with Crippen LogP contribution in [0.3, 0.4) is 0 Å². The first-order valence-corrected chi connectivity index (χ1v) is 10.2. The largest absolute Gasteiger partial charge is 0.462 e.